The van der Waals surface area contributed by atoms with E-state index in [0.717, 1.165) is 16.8 Å². The molecule has 0 aromatic heterocycles. The summed E-state index contributed by atoms with van der Waals surface area (Å²) in [4.78, 5) is 14.7. The van der Waals surface area contributed by atoms with Crippen LogP contribution in [0.1, 0.15) is 23.5 Å². The van der Waals surface area contributed by atoms with Crippen LogP contribution in [0.4, 0.5) is 13.2 Å². The summed E-state index contributed by atoms with van der Waals surface area (Å²) < 4.78 is 67.7. The van der Waals surface area contributed by atoms with Gasteiger partial charge in [0.15, 0.2) is 0 Å². The van der Waals surface area contributed by atoms with Crippen molar-refractivity contribution in [3.8, 4) is 0 Å². The van der Waals surface area contributed by atoms with Crippen LogP contribution in [-0.4, -0.2) is 49.7 Å². The lowest BCUT2D eigenvalue weighted by Gasteiger charge is -2.34. The van der Waals surface area contributed by atoms with Crippen molar-refractivity contribution in [3.05, 3.63) is 77.9 Å². The van der Waals surface area contributed by atoms with E-state index in [1.54, 1.807) is 29.2 Å². The summed E-state index contributed by atoms with van der Waals surface area (Å²) in [6, 6.07) is 17.9. The molecule has 178 valence electrons. The van der Waals surface area contributed by atoms with Gasteiger partial charge in [-0.15, -0.1) is 0 Å². The van der Waals surface area contributed by atoms with Gasteiger partial charge in [0.05, 0.1) is 10.5 Å². The number of hydrogen-bond donors (Lipinski definition) is 0. The van der Waals surface area contributed by atoms with Crippen LogP contribution in [0.5, 0.6) is 0 Å². The Morgan fingerprint density at radius 1 is 0.853 bits per heavy atom. The summed E-state index contributed by atoms with van der Waals surface area (Å²) in [7, 11) is -3.71. The standard InChI is InChI=1S/C25H23F3N2O3S/c26-25(27,28)23-8-4-3-7-20(23)21-16-22(21)24(31)29-11-13-30(14-12-29)34(32,33)19-10-9-17-5-1-2-6-18(17)15-19/h1-10,15,21-22H,11-14,16H2. The first-order valence-corrected chi connectivity index (χ1v) is 12.5. The first-order chi connectivity index (χ1) is 16.2. The van der Waals surface area contributed by atoms with Crippen molar-refractivity contribution in [2.75, 3.05) is 26.2 Å². The summed E-state index contributed by atoms with van der Waals surface area (Å²) in [5.41, 5.74) is -0.535. The molecule has 9 heteroatoms. The Hall–Kier alpha value is -2.91. The summed E-state index contributed by atoms with van der Waals surface area (Å²) in [5.74, 6) is -1.15. The molecule has 0 radical (unpaired) electrons. The predicted octanol–water partition coefficient (Wildman–Crippen LogP) is 4.50. The van der Waals surface area contributed by atoms with Gasteiger partial charge in [-0.05, 0) is 46.9 Å². The molecule has 2 unspecified atom stereocenters. The highest BCUT2D eigenvalue weighted by Crippen LogP contribution is 2.51. The minimum atomic E-state index is -4.46. The SMILES string of the molecule is O=C(C1CC1c1ccccc1C(F)(F)F)N1CCN(S(=O)(=O)c2ccc3ccccc3c2)CC1. The van der Waals surface area contributed by atoms with Crippen LogP contribution in [0.2, 0.25) is 0 Å². The Labute approximate surface area is 195 Å². The highest BCUT2D eigenvalue weighted by molar-refractivity contribution is 7.89. The van der Waals surface area contributed by atoms with Gasteiger partial charge in [-0.1, -0.05) is 48.5 Å². The number of fused-ring (bicyclic) bond motifs is 1. The maximum atomic E-state index is 13.3. The maximum absolute atomic E-state index is 13.3. The number of benzene rings is 3. The van der Waals surface area contributed by atoms with Crippen LogP contribution in [0, 0.1) is 5.92 Å². The van der Waals surface area contributed by atoms with Crippen molar-refractivity contribution in [2.45, 2.75) is 23.4 Å². The minimum Gasteiger partial charge on any atom is -0.340 e. The zero-order chi connectivity index (χ0) is 24.1. The van der Waals surface area contributed by atoms with Gasteiger partial charge in [-0.2, -0.15) is 17.5 Å². The van der Waals surface area contributed by atoms with Crippen molar-refractivity contribution < 1.29 is 26.4 Å². The lowest BCUT2D eigenvalue weighted by molar-refractivity contribution is -0.139. The summed E-state index contributed by atoms with van der Waals surface area (Å²) in [6.45, 7) is 0.737. The van der Waals surface area contributed by atoms with Crippen molar-refractivity contribution in [1.29, 1.82) is 0 Å². The third-order valence-electron chi connectivity index (χ3n) is 6.68. The first-order valence-electron chi connectivity index (χ1n) is 11.1. The first kappa shape index (κ1) is 22.9. The number of alkyl halides is 3. The van der Waals surface area contributed by atoms with Crippen LogP contribution < -0.4 is 0 Å². The molecule has 1 heterocycles. The molecule has 2 fully saturated rings. The number of halogens is 3. The molecule has 0 spiro atoms. The molecule has 3 aromatic rings. The fourth-order valence-electron chi connectivity index (χ4n) is 4.75. The molecule has 3 aromatic carbocycles. The Bertz CT molecular complexity index is 1350. The summed E-state index contributed by atoms with van der Waals surface area (Å²) >= 11 is 0. The molecular weight excluding hydrogens is 465 g/mol. The second kappa shape index (κ2) is 8.39. The van der Waals surface area contributed by atoms with Gasteiger partial charge in [0.2, 0.25) is 15.9 Å². The molecule has 1 aliphatic heterocycles. The largest absolute Gasteiger partial charge is 0.416 e. The van der Waals surface area contributed by atoms with E-state index in [9.17, 15) is 26.4 Å². The quantitative estimate of drug-likeness (QED) is 0.544. The van der Waals surface area contributed by atoms with Crippen molar-refractivity contribution >= 4 is 26.7 Å². The maximum Gasteiger partial charge on any atom is 0.416 e. The number of amides is 1. The molecule has 2 aliphatic rings. The highest BCUT2D eigenvalue weighted by atomic mass is 32.2. The van der Waals surface area contributed by atoms with Gasteiger partial charge < -0.3 is 4.90 Å². The van der Waals surface area contributed by atoms with E-state index in [1.165, 1.54) is 16.4 Å². The summed E-state index contributed by atoms with van der Waals surface area (Å²) in [6.07, 6.45) is -4.09. The lowest BCUT2D eigenvalue weighted by Crippen LogP contribution is -2.51. The number of carbonyl (C=O) groups is 1. The molecule has 1 saturated carbocycles. The van der Waals surface area contributed by atoms with Crippen molar-refractivity contribution in [2.24, 2.45) is 5.92 Å². The minimum absolute atomic E-state index is 0.150. The lowest BCUT2D eigenvalue weighted by atomic mass is 10.0. The second-order valence-electron chi connectivity index (χ2n) is 8.77. The third-order valence-corrected chi connectivity index (χ3v) is 8.58. The number of nitrogens with zero attached hydrogens (tertiary/aromatic N) is 2. The number of carbonyl (C=O) groups excluding carboxylic acids is 1. The molecule has 5 rings (SSSR count). The van der Waals surface area contributed by atoms with E-state index < -0.39 is 33.6 Å². The Balaban J connectivity index is 1.25. The van der Waals surface area contributed by atoms with Crippen LogP contribution in [0.3, 0.4) is 0 Å². The molecule has 1 aliphatic carbocycles. The molecule has 0 bridgehead atoms. The highest BCUT2D eigenvalue weighted by Gasteiger charge is 2.49. The molecule has 1 amide bonds. The number of rotatable bonds is 4. The van der Waals surface area contributed by atoms with E-state index in [2.05, 4.69) is 0 Å². The Kier molecular flexibility index (Phi) is 5.64. The fourth-order valence-corrected chi connectivity index (χ4v) is 6.21. The number of piperazine rings is 1. The fraction of sp³-hybridized carbons (Fsp3) is 0.320. The average Bonchev–Trinajstić information content (AvgIpc) is 3.64. The topological polar surface area (TPSA) is 57.7 Å². The van der Waals surface area contributed by atoms with Crippen molar-refractivity contribution in [3.63, 3.8) is 0 Å². The average molecular weight is 489 g/mol. The third kappa shape index (κ3) is 4.18. The van der Waals surface area contributed by atoms with Crippen LogP contribution >= 0.6 is 0 Å². The van der Waals surface area contributed by atoms with Gasteiger partial charge in [-0.25, -0.2) is 8.42 Å². The van der Waals surface area contributed by atoms with Gasteiger partial charge >= 0.3 is 6.18 Å². The van der Waals surface area contributed by atoms with E-state index in [0.29, 0.717) is 6.42 Å². The van der Waals surface area contributed by atoms with E-state index >= 15 is 0 Å². The Morgan fingerprint density at radius 2 is 1.50 bits per heavy atom. The molecule has 34 heavy (non-hydrogen) atoms. The predicted molar refractivity (Wildman–Crippen MR) is 122 cm³/mol. The van der Waals surface area contributed by atoms with Crippen LogP contribution in [-0.2, 0) is 21.0 Å². The van der Waals surface area contributed by atoms with E-state index in [4.69, 9.17) is 0 Å². The zero-order valence-electron chi connectivity index (χ0n) is 18.2. The van der Waals surface area contributed by atoms with Gasteiger partial charge in [-0.3, -0.25) is 4.79 Å². The van der Waals surface area contributed by atoms with Crippen LogP contribution in [0.25, 0.3) is 10.8 Å². The van der Waals surface area contributed by atoms with E-state index in [1.807, 2.05) is 24.3 Å². The smallest absolute Gasteiger partial charge is 0.340 e. The zero-order valence-corrected chi connectivity index (χ0v) is 19.0. The van der Waals surface area contributed by atoms with Gasteiger partial charge in [0.1, 0.15) is 0 Å². The molecular formula is C25H23F3N2O3S. The van der Waals surface area contributed by atoms with Crippen LogP contribution in [0.15, 0.2) is 71.6 Å². The molecule has 5 nitrogen and oxygen atoms in total. The molecule has 2 atom stereocenters. The van der Waals surface area contributed by atoms with Gasteiger partial charge in [0, 0.05) is 32.1 Å². The molecule has 1 saturated heterocycles. The Morgan fingerprint density at radius 3 is 2.21 bits per heavy atom. The normalized spacial score (nSPS) is 21.6. The van der Waals surface area contributed by atoms with Gasteiger partial charge in [0.25, 0.3) is 0 Å². The molecule has 0 N–H and O–H groups in total. The van der Waals surface area contributed by atoms with E-state index in [-0.39, 0.29) is 42.5 Å². The summed E-state index contributed by atoms with van der Waals surface area (Å²) in [5, 5.41) is 1.78. The number of hydrogen-bond acceptors (Lipinski definition) is 3. The number of sulfonamides is 1. The van der Waals surface area contributed by atoms with Crippen molar-refractivity contribution in [1.82, 2.24) is 9.21 Å². The monoisotopic (exact) mass is 488 g/mol. The second-order valence-corrected chi connectivity index (χ2v) is 10.7.